The summed E-state index contributed by atoms with van der Waals surface area (Å²) in [6.45, 7) is 2.73. The number of anilines is 1. The van der Waals surface area contributed by atoms with Crippen LogP contribution in [0.1, 0.15) is 61.9 Å². The zero-order valence-corrected chi connectivity index (χ0v) is 19.1. The molecule has 1 saturated carbocycles. The number of nitrogens with one attached hydrogen (secondary N) is 2. The van der Waals surface area contributed by atoms with Gasteiger partial charge in [0, 0.05) is 24.3 Å². The maximum atomic E-state index is 13.1. The molecule has 7 heteroatoms. The van der Waals surface area contributed by atoms with E-state index in [-0.39, 0.29) is 17.7 Å². The second-order valence-corrected chi connectivity index (χ2v) is 9.79. The largest absolute Gasteiger partial charge is 0.460 e. The molecule has 1 amide bonds. The van der Waals surface area contributed by atoms with Crippen LogP contribution < -0.4 is 10.6 Å². The first-order chi connectivity index (χ1) is 16.2. The molecule has 0 radical (unpaired) electrons. The molecule has 2 aliphatic heterocycles. The summed E-state index contributed by atoms with van der Waals surface area (Å²) in [7, 11) is 0. The molecular formula is C26H34N2O5. The highest BCUT2D eigenvalue weighted by atomic mass is 16.5. The highest BCUT2D eigenvalue weighted by molar-refractivity contribution is 5.98. The van der Waals surface area contributed by atoms with Crippen molar-refractivity contribution < 1.29 is 23.5 Å². The molecule has 1 aliphatic carbocycles. The van der Waals surface area contributed by atoms with Gasteiger partial charge < -0.3 is 24.5 Å². The van der Waals surface area contributed by atoms with Gasteiger partial charge in [0.25, 0.3) is 0 Å². The van der Waals surface area contributed by atoms with Crippen LogP contribution in [-0.4, -0.2) is 44.3 Å². The number of benzene rings is 1. The third kappa shape index (κ3) is 5.25. The Bertz CT molecular complexity index is 974. The topological polar surface area (TPSA) is 89.8 Å². The second kappa shape index (κ2) is 10.3. The third-order valence-corrected chi connectivity index (χ3v) is 7.58. The van der Waals surface area contributed by atoms with Crippen LogP contribution in [-0.2, 0) is 14.3 Å². The average Bonchev–Trinajstić information content (AvgIpc) is 3.51. The van der Waals surface area contributed by atoms with E-state index in [0.717, 1.165) is 44.4 Å². The summed E-state index contributed by atoms with van der Waals surface area (Å²) in [6, 6.07) is 7.03. The monoisotopic (exact) mass is 454 g/mol. The van der Waals surface area contributed by atoms with Gasteiger partial charge in [0.2, 0.25) is 11.7 Å². The van der Waals surface area contributed by atoms with Crippen molar-refractivity contribution in [3.05, 3.63) is 30.0 Å². The lowest BCUT2D eigenvalue weighted by Crippen LogP contribution is -2.42. The zero-order valence-electron chi connectivity index (χ0n) is 19.1. The van der Waals surface area contributed by atoms with Gasteiger partial charge >= 0.3 is 5.97 Å². The Morgan fingerprint density at radius 2 is 1.85 bits per heavy atom. The van der Waals surface area contributed by atoms with Crippen LogP contribution in [0.3, 0.4) is 0 Å². The van der Waals surface area contributed by atoms with E-state index in [2.05, 4.69) is 10.6 Å². The molecular weight excluding hydrogens is 420 g/mol. The molecule has 2 saturated heterocycles. The fraction of sp³-hybridized carbons (Fsp3) is 0.615. The Hall–Kier alpha value is -2.38. The van der Waals surface area contributed by atoms with E-state index >= 15 is 0 Å². The van der Waals surface area contributed by atoms with Crippen molar-refractivity contribution in [1.82, 2.24) is 5.32 Å². The van der Waals surface area contributed by atoms with Crippen LogP contribution in [0.5, 0.6) is 0 Å². The standard InChI is InChI=1S/C26H34N2O5/c29-25(24-21(8-11-27-24)18-4-2-1-3-5-18)28-20-6-7-22-19(14-20)15-23(33-22)26(30)32-16-17-9-12-31-13-10-17/h6-7,14-15,17-18,21,24,27H,1-5,8-13,16H2,(H,28,29)/t21?,24-/m0/s1. The van der Waals surface area contributed by atoms with E-state index < -0.39 is 5.97 Å². The highest BCUT2D eigenvalue weighted by Crippen LogP contribution is 2.36. The number of amides is 1. The van der Waals surface area contributed by atoms with E-state index in [1.807, 2.05) is 12.1 Å². The Kier molecular flexibility index (Phi) is 6.97. The normalized spacial score (nSPS) is 24.7. The summed E-state index contributed by atoms with van der Waals surface area (Å²) in [5.41, 5.74) is 1.32. The first kappa shape index (κ1) is 22.4. The summed E-state index contributed by atoms with van der Waals surface area (Å²) in [5, 5.41) is 7.27. The summed E-state index contributed by atoms with van der Waals surface area (Å²) < 4.78 is 16.5. The molecule has 0 bridgehead atoms. The van der Waals surface area contributed by atoms with Crippen LogP contribution in [0.2, 0.25) is 0 Å². The molecule has 2 N–H and O–H groups in total. The quantitative estimate of drug-likeness (QED) is 0.624. The minimum atomic E-state index is -0.450. The second-order valence-electron chi connectivity index (χ2n) is 9.79. The van der Waals surface area contributed by atoms with Gasteiger partial charge in [-0.05, 0) is 67.8 Å². The van der Waals surface area contributed by atoms with E-state index in [1.54, 1.807) is 12.1 Å². The molecule has 0 spiro atoms. The molecule has 3 fully saturated rings. The van der Waals surface area contributed by atoms with Gasteiger partial charge in [-0.2, -0.15) is 0 Å². The summed E-state index contributed by atoms with van der Waals surface area (Å²) >= 11 is 0. The first-order valence-electron chi connectivity index (χ1n) is 12.5. The Balaban J connectivity index is 1.21. The molecule has 7 nitrogen and oxygen atoms in total. The molecule has 33 heavy (non-hydrogen) atoms. The fourth-order valence-corrected chi connectivity index (χ4v) is 5.70. The molecule has 1 aromatic heterocycles. The van der Waals surface area contributed by atoms with Gasteiger partial charge in [-0.15, -0.1) is 0 Å². The summed E-state index contributed by atoms with van der Waals surface area (Å²) in [5.74, 6) is 1.18. The van der Waals surface area contributed by atoms with Crippen LogP contribution in [0.15, 0.2) is 28.7 Å². The molecule has 1 unspecified atom stereocenters. The van der Waals surface area contributed by atoms with Crippen molar-refractivity contribution in [3.63, 3.8) is 0 Å². The van der Waals surface area contributed by atoms with Gasteiger partial charge in [0.1, 0.15) is 5.58 Å². The average molecular weight is 455 g/mol. The van der Waals surface area contributed by atoms with Crippen LogP contribution in [0, 0.1) is 17.8 Å². The van der Waals surface area contributed by atoms with Crippen molar-refractivity contribution in [2.45, 2.75) is 57.4 Å². The number of hydrogen-bond donors (Lipinski definition) is 2. The van der Waals surface area contributed by atoms with Crippen LogP contribution in [0.25, 0.3) is 11.0 Å². The number of hydrogen-bond acceptors (Lipinski definition) is 6. The smallest absolute Gasteiger partial charge is 0.374 e. The molecule has 2 atom stereocenters. The maximum absolute atomic E-state index is 13.1. The molecule has 1 aromatic carbocycles. The predicted octanol–water partition coefficient (Wildman–Crippen LogP) is 4.51. The molecule has 178 valence electrons. The van der Waals surface area contributed by atoms with E-state index in [1.165, 1.54) is 32.1 Å². The molecule has 3 heterocycles. The number of esters is 1. The van der Waals surface area contributed by atoms with E-state index in [4.69, 9.17) is 13.9 Å². The van der Waals surface area contributed by atoms with Crippen molar-refractivity contribution in [2.24, 2.45) is 17.8 Å². The summed E-state index contributed by atoms with van der Waals surface area (Å²) in [6.07, 6.45) is 9.27. The van der Waals surface area contributed by atoms with Crippen molar-refractivity contribution in [3.8, 4) is 0 Å². The third-order valence-electron chi connectivity index (χ3n) is 7.58. The molecule has 5 rings (SSSR count). The van der Waals surface area contributed by atoms with Crippen molar-refractivity contribution in [2.75, 3.05) is 31.7 Å². The van der Waals surface area contributed by atoms with Crippen LogP contribution in [0.4, 0.5) is 5.69 Å². The lowest BCUT2D eigenvalue weighted by molar-refractivity contribution is -0.119. The Morgan fingerprint density at radius 1 is 1.03 bits per heavy atom. The minimum Gasteiger partial charge on any atom is -0.460 e. The van der Waals surface area contributed by atoms with Gasteiger partial charge in [0.05, 0.1) is 12.6 Å². The minimum absolute atomic E-state index is 0.0296. The highest BCUT2D eigenvalue weighted by Gasteiger charge is 2.38. The fourth-order valence-electron chi connectivity index (χ4n) is 5.70. The number of carbonyl (C=O) groups excluding carboxylic acids is 2. The number of carbonyl (C=O) groups is 2. The number of fused-ring (bicyclic) bond motifs is 1. The first-order valence-corrected chi connectivity index (χ1v) is 12.5. The predicted molar refractivity (Wildman–Crippen MR) is 125 cm³/mol. The Labute approximate surface area is 194 Å². The van der Waals surface area contributed by atoms with Gasteiger partial charge in [-0.1, -0.05) is 32.1 Å². The SMILES string of the molecule is O=C(OCC1CCOCC1)c1cc2cc(NC(=O)[C@H]3NCCC3C3CCCCC3)ccc2o1. The number of rotatable bonds is 6. The molecule has 2 aromatic rings. The Morgan fingerprint density at radius 3 is 2.67 bits per heavy atom. The van der Waals surface area contributed by atoms with Crippen molar-refractivity contribution in [1.29, 1.82) is 0 Å². The van der Waals surface area contributed by atoms with Gasteiger partial charge in [0.15, 0.2) is 0 Å². The molecule has 3 aliphatic rings. The van der Waals surface area contributed by atoms with Crippen LogP contribution >= 0.6 is 0 Å². The van der Waals surface area contributed by atoms with E-state index in [9.17, 15) is 9.59 Å². The number of ether oxygens (including phenoxy) is 2. The van der Waals surface area contributed by atoms with Gasteiger partial charge in [-0.25, -0.2) is 4.79 Å². The lowest BCUT2D eigenvalue weighted by atomic mass is 9.76. The lowest BCUT2D eigenvalue weighted by Gasteiger charge is -2.30. The summed E-state index contributed by atoms with van der Waals surface area (Å²) in [4.78, 5) is 25.5. The van der Waals surface area contributed by atoms with Gasteiger partial charge in [-0.3, -0.25) is 4.79 Å². The maximum Gasteiger partial charge on any atom is 0.374 e. The van der Waals surface area contributed by atoms with Crippen molar-refractivity contribution >= 4 is 28.5 Å². The van der Waals surface area contributed by atoms with E-state index in [0.29, 0.717) is 35.6 Å². The number of furan rings is 1. The zero-order chi connectivity index (χ0) is 22.6.